The Morgan fingerprint density at radius 1 is 0.970 bits per heavy atom. The molecular weight excluding hydrogens is 419 g/mol. The number of carbonyl (C=O) groups excluding carboxylic acids is 2. The van der Waals surface area contributed by atoms with Gasteiger partial charge in [-0.05, 0) is 55.3 Å². The van der Waals surface area contributed by atoms with Crippen LogP contribution < -0.4 is 0 Å². The quantitative estimate of drug-likeness (QED) is 0.618. The van der Waals surface area contributed by atoms with Gasteiger partial charge in [-0.2, -0.15) is 0 Å². The lowest BCUT2D eigenvalue weighted by atomic mass is 9.81. The van der Waals surface area contributed by atoms with Crippen molar-refractivity contribution in [2.75, 3.05) is 19.6 Å². The lowest BCUT2D eigenvalue weighted by Gasteiger charge is -2.39. The highest BCUT2D eigenvalue weighted by atomic mass is 19.1. The second kappa shape index (κ2) is 8.73. The fourth-order valence-corrected chi connectivity index (χ4v) is 5.13. The van der Waals surface area contributed by atoms with Crippen LogP contribution in [0.15, 0.2) is 67.0 Å². The van der Waals surface area contributed by atoms with Crippen LogP contribution in [0.25, 0.3) is 0 Å². The van der Waals surface area contributed by atoms with Gasteiger partial charge in [0.05, 0.1) is 5.56 Å². The Morgan fingerprint density at radius 2 is 1.79 bits per heavy atom. The number of halogens is 1. The van der Waals surface area contributed by atoms with E-state index in [0.717, 1.165) is 11.3 Å². The fraction of sp³-hybridized carbons (Fsp3) is 0.308. The summed E-state index contributed by atoms with van der Waals surface area (Å²) in [7, 11) is 0. The minimum absolute atomic E-state index is 0.00486. The predicted molar refractivity (Wildman–Crippen MR) is 121 cm³/mol. The van der Waals surface area contributed by atoms with E-state index in [1.54, 1.807) is 42.7 Å². The Hall–Kier alpha value is -3.61. The SMILES string of the molecule is Cc1ccc(C(=O)N2CC[C@H]3[C@@H](C2)[C@H](c2ccc(F)cc2)CN3C(=O)c2ccccn2)cn1. The number of rotatable bonds is 3. The van der Waals surface area contributed by atoms with Crippen LogP contribution in [0.2, 0.25) is 0 Å². The smallest absolute Gasteiger partial charge is 0.272 e. The van der Waals surface area contributed by atoms with Crippen molar-refractivity contribution < 1.29 is 14.0 Å². The van der Waals surface area contributed by atoms with Crippen LogP contribution in [0.5, 0.6) is 0 Å². The number of benzene rings is 1. The van der Waals surface area contributed by atoms with Crippen molar-refractivity contribution in [1.29, 1.82) is 0 Å². The Balaban J connectivity index is 1.43. The molecule has 3 atom stereocenters. The summed E-state index contributed by atoms with van der Waals surface area (Å²) in [5.74, 6) is -0.373. The van der Waals surface area contributed by atoms with Crippen LogP contribution >= 0.6 is 0 Å². The molecule has 2 fully saturated rings. The minimum atomic E-state index is -0.290. The summed E-state index contributed by atoms with van der Waals surface area (Å²) < 4.78 is 13.6. The van der Waals surface area contributed by atoms with E-state index in [2.05, 4.69) is 9.97 Å². The highest BCUT2D eigenvalue weighted by Gasteiger charge is 2.48. The van der Waals surface area contributed by atoms with E-state index in [4.69, 9.17) is 0 Å². The third kappa shape index (κ3) is 4.11. The summed E-state index contributed by atoms with van der Waals surface area (Å²) in [5, 5.41) is 0. The molecule has 0 bridgehead atoms. The number of aromatic nitrogens is 2. The first-order valence-electron chi connectivity index (χ1n) is 11.2. The van der Waals surface area contributed by atoms with E-state index in [1.807, 2.05) is 28.9 Å². The van der Waals surface area contributed by atoms with Crippen LogP contribution in [0, 0.1) is 18.7 Å². The number of hydrogen-bond acceptors (Lipinski definition) is 4. The summed E-state index contributed by atoms with van der Waals surface area (Å²) in [6.45, 7) is 3.50. The van der Waals surface area contributed by atoms with Gasteiger partial charge in [-0.3, -0.25) is 19.6 Å². The van der Waals surface area contributed by atoms with Gasteiger partial charge >= 0.3 is 0 Å². The lowest BCUT2D eigenvalue weighted by Crippen LogP contribution is -2.49. The highest BCUT2D eigenvalue weighted by molar-refractivity contribution is 5.94. The number of likely N-dealkylation sites (tertiary alicyclic amines) is 2. The molecule has 168 valence electrons. The van der Waals surface area contributed by atoms with Crippen LogP contribution in [-0.4, -0.2) is 57.3 Å². The molecule has 6 nitrogen and oxygen atoms in total. The number of fused-ring (bicyclic) bond motifs is 1. The minimum Gasteiger partial charge on any atom is -0.338 e. The van der Waals surface area contributed by atoms with Crippen molar-refractivity contribution in [1.82, 2.24) is 19.8 Å². The van der Waals surface area contributed by atoms with E-state index < -0.39 is 0 Å². The van der Waals surface area contributed by atoms with Crippen LogP contribution in [0.4, 0.5) is 4.39 Å². The number of hydrogen-bond donors (Lipinski definition) is 0. The Kier molecular flexibility index (Phi) is 5.62. The number of pyridine rings is 2. The van der Waals surface area contributed by atoms with Gasteiger partial charge in [-0.15, -0.1) is 0 Å². The molecule has 4 heterocycles. The fourth-order valence-electron chi connectivity index (χ4n) is 5.13. The molecule has 5 rings (SSSR count). The second-order valence-corrected chi connectivity index (χ2v) is 8.79. The van der Waals surface area contributed by atoms with Gasteiger partial charge in [0, 0.05) is 55.6 Å². The third-order valence-electron chi connectivity index (χ3n) is 6.82. The van der Waals surface area contributed by atoms with E-state index in [0.29, 0.717) is 37.3 Å². The normalized spacial score (nSPS) is 22.2. The van der Waals surface area contributed by atoms with E-state index in [9.17, 15) is 14.0 Å². The molecule has 2 aromatic heterocycles. The first kappa shape index (κ1) is 21.2. The van der Waals surface area contributed by atoms with Crippen molar-refractivity contribution in [2.45, 2.75) is 25.3 Å². The van der Waals surface area contributed by atoms with Gasteiger partial charge < -0.3 is 9.80 Å². The summed E-state index contributed by atoms with van der Waals surface area (Å²) >= 11 is 0. The van der Waals surface area contributed by atoms with Gasteiger partial charge in [-0.25, -0.2) is 4.39 Å². The van der Waals surface area contributed by atoms with E-state index in [1.165, 1.54) is 12.1 Å². The maximum absolute atomic E-state index is 13.6. The highest BCUT2D eigenvalue weighted by Crippen LogP contribution is 2.42. The molecule has 0 spiro atoms. The molecule has 0 radical (unpaired) electrons. The average molecular weight is 445 g/mol. The summed E-state index contributed by atoms with van der Waals surface area (Å²) in [4.78, 5) is 38.8. The largest absolute Gasteiger partial charge is 0.338 e. The van der Waals surface area contributed by atoms with Crippen molar-refractivity contribution in [3.05, 3.63) is 95.3 Å². The van der Waals surface area contributed by atoms with Gasteiger partial charge in [0.1, 0.15) is 11.5 Å². The molecule has 2 saturated heterocycles. The molecule has 33 heavy (non-hydrogen) atoms. The first-order chi connectivity index (χ1) is 16.0. The van der Waals surface area contributed by atoms with Crippen LogP contribution in [-0.2, 0) is 0 Å². The van der Waals surface area contributed by atoms with Gasteiger partial charge in [0.2, 0.25) is 0 Å². The monoisotopic (exact) mass is 444 g/mol. The summed E-state index contributed by atoms with van der Waals surface area (Å²) in [6, 6.07) is 15.4. The second-order valence-electron chi connectivity index (χ2n) is 8.79. The molecule has 7 heteroatoms. The van der Waals surface area contributed by atoms with E-state index >= 15 is 0 Å². The van der Waals surface area contributed by atoms with Crippen molar-refractivity contribution >= 4 is 11.8 Å². The Morgan fingerprint density at radius 3 is 2.48 bits per heavy atom. The standard InChI is InChI=1S/C26H25FN4O2/c1-17-5-6-19(14-29-17)25(32)30-13-11-24-22(15-30)21(18-7-9-20(27)10-8-18)16-31(24)26(33)23-4-2-3-12-28-23/h2-10,12,14,21-22,24H,11,13,15-16H2,1H3/t21-,22-,24-/m0/s1. The third-order valence-corrected chi connectivity index (χ3v) is 6.82. The average Bonchev–Trinajstić information content (AvgIpc) is 3.23. The summed E-state index contributed by atoms with van der Waals surface area (Å²) in [6.07, 6.45) is 3.92. The Labute approximate surface area is 192 Å². The van der Waals surface area contributed by atoms with Gasteiger partial charge in [0.15, 0.2) is 0 Å². The number of aryl methyl sites for hydroxylation is 1. The molecule has 2 aliphatic heterocycles. The molecule has 3 aromatic rings. The number of carbonyl (C=O) groups is 2. The molecule has 2 aliphatic rings. The molecule has 0 unspecified atom stereocenters. The van der Waals surface area contributed by atoms with Crippen molar-refractivity contribution in [3.63, 3.8) is 0 Å². The maximum atomic E-state index is 13.6. The molecule has 0 aliphatic carbocycles. The lowest BCUT2D eigenvalue weighted by molar-refractivity contribution is 0.0531. The van der Waals surface area contributed by atoms with Gasteiger partial charge in [0.25, 0.3) is 11.8 Å². The maximum Gasteiger partial charge on any atom is 0.272 e. The Bertz CT molecular complexity index is 1150. The molecule has 0 saturated carbocycles. The zero-order valence-electron chi connectivity index (χ0n) is 18.4. The van der Waals surface area contributed by atoms with Crippen LogP contribution in [0.1, 0.15) is 44.4 Å². The number of nitrogens with zero attached hydrogens (tertiary/aromatic N) is 4. The summed E-state index contributed by atoms with van der Waals surface area (Å²) in [5.41, 5.74) is 2.83. The predicted octanol–water partition coefficient (Wildman–Crippen LogP) is 3.69. The van der Waals surface area contributed by atoms with E-state index in [-0.39, 0.29) is 35.5 Å². The van der Waals surface area contributed by atoms with Gasteiger partial charge in [-0.1, -0.05) is 18.2 Å². The zero-order chi connectivity index (χ0) is 22.9. The molecule has 0 N–H and O–H groups in total. The molecule has 2 amide bonds. The molecule has 1 aromatic carbocycles. The first-order valence-corrected chi connectivity index (χ1v) is 11.2. The van der Waals surface area contributed by atoms with Crippen LogP contribution in [0.3, 0.4) is 0 Å². The molecular formula is C26H25FN4O2. The number of piperidine rings is 1. The number of amides is 2. The van der Waals surface area contributed by atoms with Crippen molar-refractivity contribution in [2.24, 2.45) is 5.92 Å². The van der Waals surface area contributed by atoms with Crippen molar-refractivity contribution in [3.8, 4) is 0 Å². The zero-order valence-corrected chi connectivity index (χ0v) is 18.4. The topological polar surface area (TPSA) is 66.4 Å².